The highest BCUT2D eigenvalue weighted by Gasteiger charge is 2.33. The predicted molar refractivity (Wildman–Crippen MR) is 169 cm³/mol. The van der Waals surface area contributed by atoms with E-state index in [1.807, 2.05) is 49.3 Å². The number of amides is 2. The van der Waals surface area contributed by atoms with Crippen LogP contribution in [0.2, 0.25) is 0 Å². The lowest BCUT2D eigenvalue weighted by Crippen LogP contribution is -2.32. The fraction of sp³-hybridized carbons (Fsp3) is 0.533. The minimum absolute atomic E-state index is 0. The van der Waals surface area contributed by atoms with Crippen molar-refractivity contribution in [2.24, 2.45) is 5.73 Å². The maximum Gasteiger partial charge on any atom is 0.328 e. The molecule has 1 atom stereocenters. The van der Waals surface area contributed by atoms with Crippen LogP contribution in [0.3, 0.4) is 0 Å². The van der Waals surface area contributed by atoms with Gasteiger partial charge in [0.05, 0.1) is 12.8 Å². The number of urea groups is 1. The van der Waals surface area contributed by atoms with Gasteiger partial charge in [-0.05, 0) is 61.4 Å². The third-order valence-electron chi connectivity index (χ3n) is 7.03. The SMILES string of the molecule is COc1cc(C(C)(C)C)c(OC(=O)[C@H](C)N)c(C2CCCCCC2)c1NC(=O)Nc1ccc(N(C)C)cc1.Cl.Cl. The van der Waals surface area contributed by atoms with Gasteiger partial charge >= 0.3 is 12.0 Å². The van der Waals surface area contributed by atoms with E-state index in [4.69, 9.17) is 15.2 Å². The van der Waals surface area contributed by atoms with Gasteiger partial charge in [-0.2, -0.15) is 0 Å². The third kappa shape index (κ3) is 8.91. The van der Waals surface area contributed by atoms with Crippen LogP contribution >= 0.6 is 24.8 Å². The highest BCUT2D eigenvalue weighted by atomic mass is 35.5. The minimum atomic E-state index is -0.781. The van der Waals surface area contributed by atoms with Crippen molar-refractivity contribution in [3.63, 3.8) is 0 Å². The highest BCUT2D eigenvalue weighted by molar-refractivity contribution is 6.02. The van der Waals surface area contributed by atoms with Crippen LogP contribution < -0.4 is 30.7 Å². The van der Waals surface area contributed by atoms with Gasteiger partial charge in [0.25, 0.3) is 0 Å². The van der Waals surface area contributed by atoms with E-state index in [0.29, 0.717) is 22.9 Å². The lowest BCUT2D eigenvalue weighted by Gasteiger charge is -2.30. The van der Waals surface area contributed by atoms with Crippen molar-refractivity contribution >= 4 is 53.9 Å². The van der Waals surface area contributed by atoms with Crippen molar-refractivity contribution in [1.82, 2.24) is 0 Å². The highest BCUT2D eigenvalue weighted by Crippen LogP contribution is 2.50. The van der Waals surface area contributed by atoms with Gasteiger partial charge in [0, 0.05) is 36.6 Å². The first-order valence-corrected chi connectivity index (χ1v) is 13.5. The number of methoxy groups -OCH3 is 1. The van der Waals surface area contributed by atoms with Crippen LogP contribution in [-0.4, -0.2) is 39.2 Å². The van der Waals surface area contributed by atoms with Crippen LogP contribution in [-0.2, 0) is 10.2 Å². The van der Waals surface area contributed by atoms with E-state index in [2.05, 4.69) is 31.4 Å². The standard InChI is InChI=1S/C30H44N4O4.2ClH/c1-19(31)28(35)38-27-23(30(2,3)4)18-24(37-7)26(25(27)20-12-10-8-9-11-13-20)33-29(36)32-21-14-16-22(17-15-21)34(5)6;;/h14-20H,8-13,31H2,1-7H3,(H2,32,33,36);2*1H/t19-;;/m0../s1. The normalized spacial score (nSPS) is 14.5. The van der Waals surface area contributed by atoms with E-state index >= 15 is 0 Å². The molecule has 1 aliphatic rings. The number of hydrogen-bond acceptors (Lipinski definition) is 6. The van der Waals surface area contributed by atoms with Crippen LogP contribution in [0.1, 0.15) is 83.3 Å². The van der Waals surface area contributed by atoms with Gasteiger partial charge in [0.1, 0.15) is 17.5 Å². The Bertz CT molecular complexity index is 1120. The Labute approximate surface area is 251 Å². The van der Waals surface area contributed by atoms with Gasteiger partial charge in [-0.15, -0.1) is 24.8 Å². The number of nitrogens with two attached hydrogens (primary N) is 1. The van der Waals surface area contributed by atoms with Gasteiger partial charge < -0.3 is 30.7 Å². The zero-order chi connectivity index (χ0) is 28.0. The number of rotatable bonds is 7. The van der Waals surface area contributed by atoms with Gasteiger partial charge in [0.15, 0.2) is 0 Å². The zero-order valence-electron chi connectivity index (χ0n) is 24.8. The zero-order valence-corrected chi connectivity index (χ0v) is 26.4. The second-order valence-electron chi connectivity index (χ2n) is 11.4. The molecule has 40 heavy (non-hydrogen) atoms. The Kier molecular flexibility index (Phi) is 13.6. The van der Waals surface area contributed by atoms with Crippen molar-refractivity contribution in [2.45, 2.75) is 83.6 Å². The third-order valence-corrected chi connectivity index (χ3v) is 7.03. The molecule has 1 saturated carbocycles. The number of esters is 1. The molecular formula is C30H46Cl2N4O4. The van der Waals surface area contributed by atoms with Crippen LogP contribution in [0.25, 0.3) is 0 Å². The number of anilines is 3. The average molecular weight is 598 g/mol. The first-order valence-electron chi connectivity index (χ1n) is 13.5. The molecule has 0 heterocycles. The molecule has 0 aliphatic heterocycles. The number of benzene rings is 2. The minimum Gasteiger partial charge on any atom is -0.495 e. The van der Waals surface area contributed by atoms with Crippen molar-refractivity contribution in [1.29, 1.82) is 0 Å². The molecule has 8 nitrogen and oxygen atoms in total. The Morgan fingerprint density at radius 3 is 2.05 bits per heavy atom. The van der Waals surface area contributed by atoms with Gasteiger partial charge in [-0.1, -0.05) is 46.5 Å². The predicted octanol–water partition coefficient (Wildman–Crippen LogP) is 7.24. The summed E-state index contributed by atoms with van der Waals surface area (Å²) in [4.78, 5) is 28.1. The van der Waals surface area contributed by atoms with E-state index in [0.717, 1.165) is 55.3 Å². The van der Waals surface area contributed by atoms with Crippen LogP contribution in [0.5, 0.6) is 11.5 Å². The summed E-state index contributed by atoms with van der Waals surface area (Å²) >= 11 is 0. The second-order valence-corrected chi connectivity index (χ2v) is 11.4. The molecule has 2 aromatic rings. The summed E-state index contributed by atoms with van der Waals surface area (Å²) in [6, 6.07) is 8.29. The van der Waals surface area contributed by atoms with E-state index in [-0.39, 0.29) is 36.1 Å². The smallest absolute Gasteiger partial charge is 0.328 e. The fourth-order valence-electron chi connectivity index (χ4n) is 4.89. The molecule has 3 rings (SSSR count). The van der Waals surface area contributed by atoms with E-state index in [1.54, 1.807) is 14.0 Å². The molecule has 2 amide bonds. The van der Waals surface area contributed by atoms with E-state index in [9.17, 15) is 9.59 Å². The van der Waals surface area contributed by atoms with Gasteiger partial charge in [0.2, 0.25) is 0 Å². The average Bonchev–Trinajstić information content (AvgIpc) is 3.13. The van der Waals surface area contributed by atoms with Crippen molar-refractivity contribution in [3.05, 3.63) is 41.5 Å². The summed E-state index contributed by atoms with van der Waals surface area (Å²) in [5.74, 6) is 0.609. The first kappa shape index (κ1) is 35.3. The number of nitrogens with one attached hydrogen (secondary N) is 2. The summed E-state index contributed by atoms with van der Waals surface area (Å²) in [5.41, 5.74) is 9.43. The molecule has 224 valence electrons. The quantitative estimate of drug-likeness (QED) is 0.177. The molecule has 2 aromatic carbocycles. The summed E-state index contributed by atoms with van der Waals surface area (Å²) in [5, 5.41) is 5.97. The van der Waals surface area contributed by atoms with E-state index < -0.39 is 18.0 Å². The molecule has 0 spiro atoms. The topological polar surface area (TPSA) is 106 Å². The van der Waals surface area contributed by atoms with Gasteiger partial charge in [-0.25, -0.2) is 9.59 Å². The lowest BCUT2D eigenvalue weighted by molar-refractivity contribution is -0.135. The molecule has 1 fully saturated rings. The number of carbonyl (C=O) groups is 2. The van der Waals surface area contributed by atoms with Crippen LogP contribution in [0.15, 0.2) is 30.3 Å². The molecule has 0 saturated heterocycles. The summed E-state index contributed by atoms with van der Waals surface area (Å²) < 4.78 is 11.9. The molecule has 0 unspecified atom stereocenters. The summed E-state index contributed by atoms with van der Waals surface area (Å²) in [7, 11) is 5.52. The second kappa shape index (κ2) is 15.4. The van der Waals surface area contributed by atoms with Crippen molar-refractivity contribution in [3.8, 4) is 11.5 Å². The molecular weight excluding hydrogens is 551 g/mol. The maximum atomic E-state index is 13.3. The Balaban J connectivity index is 0.00000400. The van der Waals surface area contributed by atoms with Crippen molar-refractivity contribution < 1.29 is 19.1 Å². The number of halogens is 2. The Morgan fingerprint density at radius 2 is 1.57 bits per heavy atom. The fourth-order valence-corrected chi connectivity index (χ4v) is 4.89. The lowest BCUT2D eigenvalue weighted by atomic mass is 9.80. The molecule has 4 N–H and O–H groups in total. The maximum absolute atomic E-state index is 13.3. The van der Waals surface area contributed by atoms with Crippen LogP contribution in [0, 0.1) is 0 Å². The van der Waals surface area contributed by atoms with Crippen LogP contribution in [0.4, 0.5) is 21.9 Å². The monoisotopic (exact) mass is 596 g/mol. The molecule has 0 radical (unpaired) electrons. The van der Waals surface area contributed by atoms with Gasteiger partial charge in [-0.3, -0.25) is 0 Å². The number of hydrogen-bond donors (Lipinski definition) is 3. The molecule has 0 aromatic heterocycles. The Hall–Kier alpha value is -2.68. The number of carbonyl (C=O) groups excluding carboxylic acids is 2. The number of nitrogens with zero attached hydrogens (tertiary/aromatic N) is 1. The first-order chi connectivity index (χ1) is 17.9. The largest absolute Gasteiger partial charge is 0.495 e. The van der Waals surface area contributed by atoms with Crippen molar-refractivity contribution in [2.75, 3.05) is 36.7 Å². The summed E-state index contributed by atoms with van der Waals surface area (Å²) in [6.07, 6.45) is 6.32. The summed E-state index contributed by atoms with van der Waals surface area (Å²) in [6.45, 7) is 7.82. The molecule has 10 heteroatoms. The Morgan fingerprint density at radius 1 is 1.00 bits per heavy atom. The van der Waals surface area contributed by atoms with E-state index in [1.165, 1.54) is 0 Å². The molecule has 0 bridgehead atoms. The number of ether oxygens (including phenoxy) is 2. The molecule has 1 aliphatic carbocycles.